The quantitative estimate of drug-likeness (QED) is 0.649. The second kappa shape index (κ2) is 3.54. The van der Waals surface area contributed by atoms with Gasteiger partial charge in [0.15, 0.2) is 0 Å². The summed E-state index contributed by atoms with van der Waals surface area (Å²) in [6.07, 6.45) is 5.06. The minimum atomic E-state index is 0.00183. The summed E-state index contributed by atoms with van der Waals surface area (Å²) in [5.74, 6) is 0. The van der Waals surface area contributed by atoms with Gasteiger partial charge in [0.1, 0.15) is 12.2 Å². The zero-order chi connectivity index (χ0) is 10.2. The SMILES string of the molecule is CCCCC1CC(C2OC2(C)C)=NO1. The van der Waals surface area contributed by atoms with E-state index in [2.05, 4.69) is 25.9 Å². The first-order valence-electron chi connectivity index (χ1n) is 5.54. The lowest BCUT2D eigenvalue weighted by Gasteiger charge is -2.05. The van der Waals surface area contributed by atoms with Crippen LogP contribution in [0.4, 0.5) is 0 Å². The van der Waals surface area contributed by atoms with E-state index >= 15 is 0 Å². The van der Waals surface area contributed by atoms with Crippen molar-refractivity contribution in [3.63, 3.8) is 0 Å². The molecule has 0 bridgehead atoms. The highest BCUT2D eigenvalue weighted by molar-refractivity contribution is 5.92. The topological polar surface area (TPSA) is 34.1 Å². The van der Waals surface area contributed by atoms with Crippen molar-refractivity contribution in [1.29, 1.82) is 0 Å². The van der Waals surface area contributed by atoms with Crippen molar-refractivity contribution in [3.05, 3.63) is 0 Å². The van der Waals surface area contributed by atoms with Gasteiger partial charge < -0.3 is 9.57 Å². The summed E-state index contributed by atoms with van der Waals surface area (Å²) in [4.78, 5) is 5.37. The first-order chi connectivity index (χ1) is 6.63. The fraction of sp³-hybridized carbons (Fsp3) is 0.909. The minimum Gasteiger partial charge on any atom is -0.392 e. The van der Waals surface area contributed by atoms with Gasteiger partial charge in [-0.3, -0.25) is 0 Å². The van der Waals surface area contributed by atoms with Crippen LogP contribution >= 0.6 is 0 Å². The van der Waals surface area contributed by atoms with Gasteiger partial charge in [-0.15, -0.1) is 0 Å². The van der Waals surface area contributed by atoms with Crippen LogP contribution in [0.5, 0.6) is 0 Å². The molecule has 2 aliphatic rings. The summed E-state index contributed by atoms with van der Waals surface area (Å²) in [6.45, 7) is 6.39. The minimum absolute atomic E-state index is 0.00183. The summed E-state index contributed by atoms with van der Waals surface area (Å²) >= 11 is 0. The molecule has 0 aromatic rings. The highest BCUT2D eigenvalue weighted by Crippen LogP contribution is 2.39. The van der Waals surface area contributed by atoms with Gasteiger partial charge in [0.25, 0.3) is 0 Å². The largest absolute Gasteiger partial charge is 0.392 e. The Kier molecular flexibility index (Phi) is 2.52. The highest BCUT2D eigenvalue weighted by atomic mass is 16.7. The number of rotatable bonds is 4. The van der Waals surface area contributed by atoms with Crippen molar-refractivity contribution in [2.45, 2.75) is 64.3 Å². The lowest BCUT2D eigenvalue weighted by atomic mass is 10.0. The Labute approximate surface area is 85.5 Å². The van der Waals surface area contributed by atoms with Crippen LogP contribution in [-0.4, -0.2) is 23.5 Å². The zero-order valence-corrected chi connectivity index (χ0v) is 9.25. The maximum atomic E-state index is 5.53. The second-order valence-corrected chi connectivity index (χ2v) is 4.76. The number of hydrogen-bond donors (Lipinski definition) is 0. The summed E-state index contributed by atoms with van der Waals surface area (Å²) in [5, 5.41) is 4.12. The number of nitrogens with zero attached hydrogens (tertiary/aromatic N) is 1. The maximum absolute atomic E-state index is 5.53. The molecule has 0 N–H and O–H groups in total. The Morgan fingerprint density at radius 1 is 1.50 bits per heavy atom. The lowest BCUT2D eigenvalue weighted by molar-refractivity contribution is 0.0774. The average molecular weight is 197 g/mol. The normalized spacial score (nSPS) is 33.8. The molecule has 0 radical (unpaired) electrons. The second-order valence-electron chi connectivity index (χ2n) is 4.76. The molecule has 2 rings (SSSR count). The molecule has 0 aromatic carbocycles. The van der Waals surface area contributed by atoms with E-state index in [4.69, 9.17) is 9.57 Å². The van der Waals surface area contributed by atoms with E-state index in [1.165, 1.54) is 12.8 Å². The number of oxime groups is 1. The predicted molar refractivity (Wildman–Crippen MR) is 55.4 cm³/mol. The number of epoxide rings is 1. The fourth-order valence-electron chi connectivity index (χ4n) is 1.93. The van der Waals surface area contributed by atoms with Gasteiger partial charge in [-0.1, -0.05) is 18.5 Å². The van der Waals surface area contributed by atoms with Gasteiger partial charge in [0.2, 0.25) is 0 Å². The van der Waals surface area contributed by atoms with Gasteiger partial charge in [0.05, 0.1) is 11.3 Å². The average Bonchev–Trinajstić information content (AvgIpc) is 2.63. The summed E-state index contributed by atoms with van der Waals surface area (Å²) in [7, 11) is 0. The maximum Gasteiger partial charge on any atom is 0.133 e. The molecule has 0 aliphatic carbocycles. The van der Waals surface area contributed by atoms with Crippen LogP contribution in [0.25, 0.3) is 0 Å². The number of unbranched alkanes of at least 4 members (excludes halogenated alkanes) is 1. The molecule has 0 spiro atoms. The molecule has 3 heteroatoms. The molecular weight excluding hydrogens is 178 g/mol. The Morgan fingerprint density at radius 2 is 2.21 bits per heavy atom. The zero-order valence-electron chi connectivity index (χ0n) is 9.25. The van der Waals surface area contributed by atoms with Crippen LogP contribution in [0.15, 0.2) is 5.16 Å². The number of hydrogen-bond acceptors (Lipinski definition) is 3. The monoisotopic (exact) mass is 197 g/mol. The van der Waals surface area contributed by atoms with Crippen LogP contribution in [-0.2, 0) is 9.57 Å². The molecular formula is C11H19NO2. The highest BCUT2D eigenvalue weighted by Gasteiger charge is 2.52. The van der Waals surface area contributed by atoms with Crippen molar-refractivity contribution in [2.75, 3.05) is 0 Å². The molecule has 1 fully saturated rings. The lowest BCUT2D eigenvalue weighted by Crippen LogP contribution is -2.15. The summed E-state index contributed by atoms with van der Waals surface area (Å²) in [6, 6.07) is 0. The molecule has 3 nitrogen and oxygen atoms in total. The van der Waals surface area contributed by atoms with Crippen LogP contribution in [0, 0.1) is 0 Å². The van der Waals surface area contributed by atoms with Gasteiger partial charge in [0, 0.05) is 6.42 Å². The summed E-state index contributed by atoms with van der Waals surface area (Å²) in [5.41, 5.74) is 1.11. The number of ether oxygens (including phenoxy) is 1. The Balaban J connectivity index is 1.77. The van der Waals surface area contributed by atoms with Gasteiger partial charge in [-0.25, -0.2) is 0 Å². The Morgan fingerprint density at radius 3 is 2.79 bits per heavy atom. The molecule has 2 aliphatic heterocycles. The third kappa shape index (κ3) is 1.92. The van der Waals surface area contributed by atoms with E-state index in [0.717, 1.165) is 18.6 Å². The molecule has 2 heterocycles. The van der Waals surface area contributed by atoms with Gasteiger partial charge in [-0.05, 0) is 26.7 Å². The van der Waals surface area contributed by atoms with E-state index in [1.54, 1.807) is 0 Å². The van der Waals surface area contributed by atoms with Gasteiger partial charge >= 0.3 is 0 Å². The molecule has 0 saturated carbocycles. The van der Waals surface area contributed by atoms with Crippen molar-refractivity contribution < 1.29 is 9.57 Å². The van der Waals surface area contributed by atoms with E-state index < -0.39 is 0 Å². The van der Waals surface area contributed by atoms with Crippen molar-refractivity contribution in [1.82, 2.24) is 0 Å². The van der Waals surface area contributed by atoms with Crippen LogP contribution in [0.3, 0.4) is 0 Å². The van der Waals surface area contributed by atoms with Crippen molar-refractivity contribution in [2.24, 2.45) is 5.16 Å². The summed E-state index contributed by atoms with van der Waals surface area (Å²) < 4.78 is 5.53. The molecule has 1 saturated heterocycles. The molecule has 0 aromatic heterocycles. The molecule has 14 heavy (non-hydrogen) atoms. The third-order valence-electron chi connectivity index (χ3n) is 2.93. The van der Waals surface area contributed by atoms with E-state index in [9.17, 15) is 0 Å². The molecule has 2 atom stereocenters. The van der Waals surface area contributed by atoms with Crippen LogP contribution in [0.2, 0.25) is 0 Å². The first kappa shape index (κ1) is 9.97. The van der Waals surface area contributed by atoms with Crippen LogP contribution in [0.1, 0.15) is 46.5 Å². The molecule has 2 unspecified atom stereocenters. The smallest absolute Gasteiger partial charge is 0.133 e. The van der Waals surface area contributed by atoms with E-state index in [1.807, 2.05) is 0 Å². The Bertz CT molecular complexity index is 248. The van der Waals surface area contributed by atoms with E-state index in [0.29, 0.717) is 6.10 Å². The van der Waals surface area contributed by atoms with Crippen LogP contribution < -0.4 is 0 Å². The predicted octanol–water partition coefficient (Wildman–Crippen LogP) is 2.50. The first-order valence-corrected chi connectivity index (χ1v) is 5.54. The molecule has 0 amide bonds. The van der Waals surface area contributed by atoms with Crippen molar-refractivity contribution in [3.8, 4) is 0 Å². The van der Waals surface area contributed by atoms with E-state index in [-0.39, 0.29) is 11.7 Å². The van der Waals surface area contributed by atoms with Gasteiger partial charge in [-0.2, -0.15) is 0 Å². The standard InChI is InChI=1S/C11H19NO2/c1-4-5-6-8-7-9(12-14-8)10-11(2,3)13-10/h8,10H,4-7H2,1-3H3. The fourth-order valence-corrected chi connectivity index (χ4v) is 1.93. The van der Waals surface area contributed by atoms with Crippen molar-refractivity contribution >= 4 is 5.71 Å². The Hall–Kier alpha value is -0.570. The third-order valence-corrected chi connectivity index (χ3v) is 2.93. The molecule has 80 valence electrons.